The van der Waals surface area contributed by atoms with Crippen molar-refractivity contribution >= 4 is 23.2 Å². The normalized spacial score (nSPS) is 16.0. The standard InChI is InChI=1S/C12H5ClF11NO2/c13-5-1-3-6(4-2-5)25-7(26)8(14,10(17,18)19)27-12(23,24)9(15,16)11(20,21)22/h1-4H,(H,25,26)/t8-/m0/s1. The van der Waals surface area contributed by atoms with Crippen molar-refractivity contribution in [1.29, 1.82) is 0 Å². The van der Waals surface area contributed by atoms with Gasteiger partial charge >= 0.3 is 30.2 Å². The van der Waals surface area contributed by atoms with E-state index >= 15 is 0 Å². The Morgan fingerprint density at radius 3 is 1.63 bits per heavy atom. The molecule has 0 heterocycles. The molecule has 1 N–H and O–H groups in total. The lowest BCUT2D eigenvalue weighted by atomic mass is 10.2. The summed E-state index contributed by atoms with van der Waals surface area (Å²) in [7, 11) is 0. The van der Waals surface area contributed by atoms with E-state index in [9.17, 15) is 53.1 Å². The molecular formula is C12H5ClF11NO2. The second-order valence-electron chi connectivity index (χ2n) is 4.75. The van der Waals surface area contributed by atoms with Gasteiger partial charge in [0.05, 0.1) is 0 Å². The number of halogens is 12. The molecule has 0 aromatic heterocycles. The SMILES string of the molecule is O=C(Nc1ccc(Cl)cc1)[C@](F)(OC(F)(F)C(F)(F)C(F)(F)F)C(F)(F)F. The molecule has 0 aliphatic carbocycles. The molecule has 0 bridgehead atoms. The number of rotatable bonds is 5. The molecule has 1 aromatic carbocycles. The van der Waals surface area contributed by atoms with Gasteiger partial charge < -0.3 is 5.32 Å². The van der Waals surface area contributed by atoms with Crippen molar-refractivity contribution in [2.45, 2.75) is 30.2 Å². The monoisotopic (exact) mass is 439 g/mol. The molecule has 27 heavy (non-hydrogen) atoms. The van der Waals surface area contributed by atoms with Crippen LogP contribution in [-0.4, -0.2) is 36.1 Å². The average molecular weight is 440 g/mol. The lowest BCUT2D eigenvalue weighted by molar-refractivity contribution is -0.472. The maximum atomic E-state index is 13.9. The van der Waals surface area contributed by atoms with E-state index in [0.29, 0.717) is 0 Å². The zero-order valence-corrected chi connectivity index (χ0v) is 12.9. The maximum Gasteiger partial charge on any atom is 0.462 e. The number of ether oxygens (including phenoxy) is 1. The quantitative estimate of drug-likeness (QED) is 0.631. The maximum absolute atomic E-state index is 13.9. The molecule has 0 aliphatic rings. The predicted octanol–water partition coefficient (Wildman–Crippen LogP) is 5.31. The molecule has 0 aliphatic heterocycles. The van der Waals surface area contributed by atoms with E-state index in [1.807, 2.05) is 0 Å². The molecular weight excluding hydrogens is 435 g/mol. The van der Waals surface area contributed by atoms with Gasteiger partial charge in [0.15, 0.2) is 0 Å². The van der Waals surface area contributed by atoms with Crippen LogP contribution in [-0.2, 0) is 9.53 Å². The highest BCUT2D eigenvalue weighted by atomic mass is 35.5. The van der Waals surface area contributed by atoms with Gasteiger partial charge in [0, 0.05) is 10.7 Å². The molecule has 0 radical (unpaired) electrons. The van der Waals surface area contributed by atoms with Crippen LogP contribution in [0.15, 0.2) is 24.3 Å². The Morgan fingerprint density at radius 2 is 1.26 bits per heavy atom. The van der Waals surface area contributed by atoms with Crippen molar-refractivity contribution in [1.82, 2.24) is 0 Å². The molecule has 0 spiro atoms. The summed E-state index contributed by atoms with van der Waals surface area (Å²) in [5, 5.41) is 1.03. The van der Waals surface area contributed by atoms with Crippen molar-refractivity contribution in [2.75, 3.05) is 5.32 Å². The number of nitrogens with one attached hydrogen (secondary N) is 1. The summed E-state index contributed by atoms with van der Waals surface area (Å²) in [4.78, 5) is 11.4. The molecule has 1 amide bonds. The molecule has 1 rings (SSSR count). The van der Waals surface area contributed by atoms with Crippen LogP contribution < -0.4 is 5.32 Å². The summed E-state index contributed by atoms with van der Waals surface area (Å²) in [6.45, 7) is 0. The number of hydrogen-bond donors (Lipinski definition) is 1. The van der Waals surface area contributed by atoms with Crippen LogP contribution in [0.4, 0.5) is 54.0 Å². The first-order chi connectivity index (χ1) is 11.8. The number of amides is 1. The topological polar surface area (TPSA) is 38.3 Å². The van der Waals surface area contributed by atoms with Gasteiger partial charge in [-0.1, -0.05) is 11.6 Å². The Bertz CT molecular complexity index is 686. The van der Waals surface area contributed by atoms with Crippen LogP contribution in [0.25, 0.3) is 0 Å². The molecule has 1 aromatic rings. The first-order valence-electron chi connectivity index (χ1n) is 6.20. The van der Waals surface area contributed by atoms with E-state index in [0.717, 1.165) is 29.6 Å². The summed E-state index contributed by atoms with van der Waals surface area (Å²) >= 11 is 5.41. The Balaban J connectivity index is 3.27. The fraction of sp³-hybridized carbons (Fsp3) is 0.417. The molecule has 3 nitrogen and oxygen atoms in total. The number of benzene rings is 1. The van der Waals surface area contributed by atoms with Crippen molar-refractivity contribution in [3.63, 3.8) is 0 Å². The van der Waals surface area contributed by atoms with Crippen molar-refractivity contribution in [3.05, 3.63) is 29.3 Å². The minimum Gasteiger partial charge on any atom is -0.321 e. The highest BCUT2D eigenvalue weighted by molar-refractivity contribution is 6.30. The Hall–Kier alpha value is -1.83. The largest absolute Gasteiger partial charge is 0.462 e. The van der Waals surface area contributed by atoms with Crippen molar-refractivity contribution in [3.8, 4) is 0 Å². The number of carbonyl (C=O) groups is 1. The molecule has 0 fully saturated rings. The van der Waals surface area contributed by atoms with Crippen LogP contribution in [0.5, 0.6) is 0 Å². The Labute approximate surface area is 147 Å². The summed E-state index contributed by atoms with van der Waals surface area (Å²) in [6.07, 6.45) is -21.0. The third kappa shape index (κ3) is 4.54. The van der Waals surface area contributed by atoms with Crippen LogP contribution in [0.1, 0.15) is 0 Å². The Kier molecular flexibility index (Phi) is 5.99. The summed E-state index contributed by atoms with van der Waals surface area (Å²) in [5.41, 5.74) is -0.690. The summed E-state index contributed by atoms with van der Waals surface area (Å²) < 4.78 is 141. The molecule has 0 unspecified atom stereocenters. The third-order valence-corrected chi connectivity index (χ3v) is 3.00. The molecule has 0 saturated heterocycles. The number of carbonyl (C=O) groups excluding carboxylic acids is 1. The van der Waals surface area contributed by atoms with Crippen LogP contribution in [0.3, 0.4) is 0 Å². The van der Waals surface area contributed by atoms with Gasteiger partial charge in [0.25, 0.3) is 5.91 Å². The molecule has 154 valence electrons. The van der Waals surface area contributed by atoms with E-state index in [4.69, 9.17) is 11.6 Å². The van der Waals surface area contributed by atoms with E-state index < -0.39 is 41.8 Å². The van der Waals surface area contributed by atoms with Crippen LogP contribution in [0.2, 0.25) is 5.02 Å². The lowest BCUT2D eigenvalue weighted by Gasteiger charge is -2.34. The average Bonchev–Trinajstić information content (AvgIpc) is 2.46. The van der Waals surface area contributed by atoms with Gasteiger partial charge in [0.1, 0.15) is 0 Å². The fourth-order valence-electron chi connectivity index (χ4n) is 1.38. The van der Waals surface area contributed by atoms with Gasteiger partial charge in [-0.3, -0.25) is 9.53 Å². The second-order valence-corrected chi connectivity index (χ2v) is 5.18. The highest BCUT2D eigenvalue weighted by Gasteiger charge is 2.79. The van der Waals surface area contributed by atoms with E-state index in [1.54, 1.807) is 0 Å². The number of anilines is 1. The lowest BCUT2D eigenvalue weighted by Crippen LogP contribution is -2.62. The zero-order valence-electron chi connectivity index (χ0n) is 12.2. The fourth-order valence-corrected chi connectivity index (χ4v) is 1.51. The van der Waals surface area contributed by atoms with Gasteiger partial charge in [-0.05, 0) is 24.3 Å². The van der Waals surface area contributed by atoms with Crippen molar-refractivity contribution in [2.24, 2.45) is 0 Å². The smallest absolute Gasteiger partial charge is 0.321 e. The van der Waals surface area contributed by atoms with Crippen LogP contribution in [0, 0.1) is 0 Å². The molecule has 0 saturated carbocycles. The van der Waals surface area contributed by atoms with E-state index in [-0.39, 0.29) is 5.02 Å². The minimum absolute atomic E-state index is 0.0251. The van der Waals surface area contributed by atoms with Gasteiger partial charge in [-0.25, -0.2) is 0 Å². The van der Waals surface area contributed by atoms with Crippen molar-refractivity contribution < 1.29 is 57.8 Å². The number of hydrogen-bond acceptors (Lipinski definition) is 2. The third-order valence-electron chi connectivity index (χ3n) is 2.75. The van der Waals surface area contributed by atoms with E-state index in [1.165, 1.54) is 0 Å². The first kappa shape index (κ1) is 23.2. The van der Waals surface area contributed by atoms with E-state index in [2.05, 4.69) is 4.74 Å². The Morgan fingerprint density at radius 1 is 0.815 bits per heavy atom. The molecule has 1 atom stereocenters. The van der Waals surface area contributed by atoms with Crippen LogP contribution >= 0.6 is 11.6 Å². The second kappa shape index (κ2) is 6.96. The van der Waals surface area contributed by atoms with Gasteiger partial charge in [-0.15, -0.1) is 0 Å². The first-order valence-corrected chi connectivity index (χ1v) is 6.58. The highest BCUT2D eigenvalue weighted by Crippen LogP contribution is 2.51. The summed E-state index contributed by atoms with van der Waals surface area (Å²) in [6, 6.07) is 3.38. The molecule has 15 heteroatoms. The van der Waals surface area contributed by atoms with Gasteiger partial charge in [0.2, 0.25) is 0 Å². The zero-order chi connectivity index (χ0) is 21.5. The predicted molar refractivity (Wildman–Crippen MR) is 67.0 cm³/mol. The summed E-state index contributed by atoms with van der Waals surface area (Å²) in [5.74, 6) is -16.6. The minimum atomic E-state index is -7.25. The van der Waals surface area contributed by atoms with Gasteiger partial charge in [-0.2, -0.15) is 48.3 Å². The number of alkyl halides is 11.